The highest BCUT2D eigenvalue weighted by Gasteiger charge is 2.26. The van der Waals surface area contributed by atoms with Crippen LogP contribution in [0.15, 0.2) is 29.3 Å². The van der Waals surface area contributed by atoms with Crippen molar-refractivity contribution >= 4 is 23.1 Å². The summed E-state index contributed by atoms with van der Waals surface area (Å²) in [7, 11) is 8.44. The van der Waals surface area contributed by atoms with Crippen LogP contribution in [0.4, 0.5) is 11.4 Å². The molecule has 3 atom stereocenters. The number of anilines is 2. The predicted octanol–water partition coefficient (Wildman–Crippen LogP) is 4.34. The van der Waals surface area contributed by atoms with E-state index in [0.29, 0.717) is 12.0 Å². The average Bonchev–Trinajstić information content (AvgIpc) is 2.91. The molecule has 0 spiro atoms. The summed E-state index contributed by atoms with van der Waals surface area (Å²) in [6.45, 7) is 11.2. The van der Waals surface area contributed by atoms with Crippen molar-refractivity contribution in [3.63, 3.8) is 0 Å². The van der Waals surface area contributed by atoms with Crippen molar-refractivity contribution in [2.75, 3.05) is 83.7 Å². The maximum atomic E-state index is 6.25. The first-order chi connectivity index (χ1) is 18.7. The summed E-state index contributed by atoms with van der Waals surface area (Å²) < 4.78 is 11.9. The zero-order valence-electron chi connectivity index (χ0n) is 25.0. The van der Waals surface area contributed by atoms with E-state index in [1.165, 1.54) is 17.1 Å². The first kappa shape index (κ1) is 30.1. The van der Waals surface area contributed by atoms with E-state index in [1.54, 1.807) is 11.8 Å². The van der Waals surface area contributed by atoms with Gasteiger partial charge in [-0.2, -0.15) is 0 Å². The number of aromatic nitrogens is 2. The molecule has 2 aliphatic rings. The third-order valence-corrected chi connectivity index (χ3v) is 8.27. The molecule has 4 heterocycles. The van der Waals surface area contributed by atoms with Crippen LogP contribution in [0.2, 0.25) is 0 Å². The summed E-state index contributed by atoms with van der Waals surface area (Å²) in [5, 5.41) is 1.07. The lowest BCUT2D eigenvalue weighted by Gasteiger charge is -2.37. The molecule has 0 saturated carbocycles. The van der Waals surface area contributed by atoms with E-state index in [2.05, 4.69) is 92.2 Å². The fraction of sp³-hybridized carbons (Fsp3) is 0.667. The smallest absolute Gasteiger partial charge is 0.0962 e. The highest BCUT2D eigenvalue weighted by atomic mass is 32.2. The van der Waals surface area contributed by atoms with Crippen LogP contribution in [-0.2, 0) is 22.6 Å². The Balaban J connectivity index is 1.42. The molecular formula is C30H48N6O2S. The molecule has 2 fully saturated rings. The summed E-state index contributed by atoms with van der Waals surface area (Å²) in [5.41, 5.74) is 5.97. The van der Waals surface area contributed by atoms with Crippen LogP contribution in [0.25, 0.3) is 0 Å². The summed E-state index contributed by atoms with van der Waals surface area (Å²) >= 11 is 1.70. The third-order valence-electron chi connectivity index (χ3n) is 7.62. The van der Waals surface area contributed by atoms with Gasteiger partial charge in [0.15, 0.2) is 0 Å². The Morgan fingerprint density at radius 1 is 0.974 bits per heavy atom. The van der Waals surface area contributed by atoms with Gasteiger partial charge in [-0.15, -0.1) is 11.8 Å². The number of morpholine rings is 2. The lowest BCUT2D eigenvalue weighted by atomic mass is 9.97. The van der Waals surface area contributed by atoms with Crippen molar-refractivity contribution in [1.82, 2.24) is 19.8 Å². The van der Waals surface area contributed by atoms with Gasteiger partial charge in [0.2, 0.25) is 0 Å². The molecule has 0 aromatic carbocycles. The molecular weight excluding hydrogens is 508 g/mol. The molecule has 0 N–H and O–H groups in total. The summed E-state index contributed by atoms with van der Waals surface area (Å²) in [5.74, 6) is 0.368. The van der Waals surface area contributed by atoms with E-state index in [-0.39, 0.29) is 6.10 Å². The van der Waals surface area contributed by atoms with Gasteiger partial charge in [0.1, 0.15) is 0 Å². The number of hydrogen-bond donors (Lipinski definition) is 0. The second kappa shape index (κ2) is 14.1. The Labute approximate surface area is 240 Å². The van der Waals surface area contributed by atoms with Gasteiger partial charge in [0.25, 0.3) is 0 Å². The number of nitrogens with zero attached hydrogens (tertiary/aromatic N) is 6. The third kappa shape index (κ3) is 8.07. The molecule has 4 rings (SSSR count). The van der Waals surface area contributed by atoms with Crippen LogP contribution in [0.3, 0.4) is 0 Å². The zero-order valence-corrected chi connectivity index (χ0v) is 25.8. The van der Waals surface area contributed by atoms with E-state index in [4.69, 9.17) is 19.4 Å². The number of thioether (sulfide) groups is 1. The minimum atomic E-state index is 0.211. The molecule has 2 aromatic heterocycles. The second-order valence-corrected chi connectivity index (χ2v) is 12.4. The highest BCUT2D eigenvalue weighted by molar-refractivity contribution is 7.98. The normalized spacial score (nSPS) is 21.2. The van der Waals surface area contributed by atoms with Crippen molar-refractivity contribution < 1.29 is 9.47 Å². The SMILES string of the molecule is CSc1ccc(N2CCO[C@H](CCC(C)c3ccc(N4CCOC[C@H]4C)c(CN(C)C)n3)C2)c(CN(C)C)n1. The molecule has 8 nitrogen and oxygen atoms in total. The first-order valence-corrected chi connectivity index (χ1v) is 15.5. The molecule has 2 saturated heterocycles. The Kier molecular flexibility index (Phi) is 10.9. The largest absolute Gasteiger partial charge is 0.377 e. The lowest BCUT2D eigenvalue weighted by molar-refractivity contribution is 0.0329. The molecule has 0 aliphatic carbocycles. The van der Waals surface area contributed by atoms with Gasteiger partial charge in [-0.05, 0) is 84.4 Å². The van der Waals surface area contributed by atoms with Gasteiger partial charge in [-0.25, -0.2) is 4.98 Å². The molecule has 0 amide bonds. The second-order valence-electron chi connectivity index (χ2n) is 11.5. The van der Waals surface area contributed by atoms with Crippen molar-refractivity contribution in [2.24, 2.45) is 0 Å². The summed E-state index contributed by atoms with van der Waals surface area (Å²) in [4.78, 5) is 19.5. The van der Waals surface area contributed by atoms with E-state index < -0.39 is 0 Å². The molecule has 39 heavy (non-hydrogen) atoms. The van der Waals surface area contributed by atoms with Crippen LogP contribution in [0.5, 0.6) is 0 Å². The van der Waals surface area contributed by atoms with E-state index >= 15 is 0 Å². The minimum Gasteiger partial charge on any atom is -0.377 e. The van der Waals surface area contributed by atoms with Crippen molar-refractivity contribution in [1.29, 1.82) is 0 Å². The van der Waals surface area contributed by atoms with Gasteiger partial charge in [-0.3, -0.25) is 4.98 Å². The topological polar surface area (TPSA) is 57.2 Å². The molecule has 9 heteroatoms. The molecule has 0 radical (unpaired) electrons. The summed E-state index contributed by atoms with van der Waals surface area (Å²) in [6, 6.07) is 9.28. The molecule has 1 unspecified atom stereocenters. The van der Waals surface area contributed by atoms with Gasteiger partial charge >= 0.3 is 0 Å². The van der Waals surface area contributed by atoms with E-state index in [0.717, 1.165) is 81.8 Å². The Bertz CT molecular complexity index is 1070. The van der Waals surface area contributed by atoms with Gasteiger partial charge in [0, 0.05) is 44.5 Å². The number of hydrogen-bond acceptors (Lipinski definition) is 9. The van der Waals surface area contributed by atoms with E-state index in [9.17, 15) is 0 Å². The zero-order chi connectivity index (χ0) is 27.9. The number of pyridine rings is 2. The monoisotopic (exact) mass is 556 g/mol. The van der Waals surface area contributed by atoms with Gasteiger partial charge < -0.3 is 29.1 Å². The fourth-order valence-corrected chi connectivity index (χ4v) is 5.94. The Hall–Kier alpha value is -1.91. The fourth-order valence-electron chi connectivity index (χ4n) is 5.54. The van der Waals surface area contributed by atoms with Crippen molar-refractivity contribution in [3.8, 4) is 0 Å². The standard InChI is InChI=1S/C30H48N6O2S/c1-22(25-10-11-29(27(31-25)20-34(5)6)36-15-16-37-21-23(36)2)8-9-24-18-35(14-17-38-24)28-12-13-30(39-7)32-26(28)19-33(3)4/h10-13,22-24H,8-9,14-21H2,1-7H3/t22?,23-,24-/m1/s1. The van der Waals surface area contributed by atoms with E-state index in [1.807, 2.05) is 0 Å². The Morgan fingerprint density at radius 3 is 2.38 bits per heavy atom. The van der Waals surface area contributed by atoms with Crippen LogP contribution in [0.1, 0.15) is 49.7 Å². The van der Waals surface area contributed by atoms with Crippen LogP contribution in [-0.4, -0.2) is 106 Å². The minimum absolute atomic E-state index is 0.211. The quantitative estimate of drug-likeness (QED) is 0.376. The van der Waals surface area contributed by atoms with Crippen LogP contribution >= 0.6 is 11.8 Å². The maximum absolute atomic E-state index is 6.25. The van der Waals surface area contributed by atoms with Crippen molar-refractivity contribution in [2.45, 2.75) is 62.9 Å². The van der Waals surface area contributed by atoms with Crippen LogP contribution in [0, 0.1) is 0 Å². The van der Waals surface area contributed by atoms with Crippen molar-refractivity contribution in [3.05, 3.63) is 41.3 Å². The van der Waals surface area contributed by atoms with Crippen LogP contribution < -0.4 is 9.80 Å². The van der Waals surface area contributed by atoms with Gasteiger partial charge in [-0.1, -0.05) is 6.92 Å². The average molecular weight is 557 g/mol. The molecule has 2 aliphatic heterocycles. The Morgan fingerprint density at radius 2 is 1.69 bits per heavy atom. The predicted molar refractivity (Wildman–Crippen MR) is 162 cm³/mol. The first-order valence-electron chi connectivity index (χ1n) is 14.3. The number of ether oxygens (including phenoxy) is 2. The maximum Gasteiger partial charge on any atom is 0.0962 e. The number of rotatable bonds is 11. The lowest BCUT2D eigenvalue weighted by Crippen LogP contribution is -2.44. The van der Waals surface area contributed by atoms with Gasteiger partial charge in [0.05, 0.1) is 53.7 Å². The molecule has 2 aromatic rings. The summed E-state index contributed by atoms with van der Waals surface area (Å²) in [6.07, 6.45) is 4.36. The highest BCUT2D eigenvalue weighted by Crippen LogP contribution is 2.30. The molecule has 216 valence electrons. The molecule has 0 bridgehead atoms.